The highest BCUT2D eigenvalue weighted by Crippen LogP contribution is 2.27. The average molecular weight is 367 g/mol. The lowest BCUT2D eigenvalue weighted by atomic mass is 10.2. The number of nitrogens with two attached hydrogens (primary N) is 1. The Kier molecular flexibility index (Phi) is 5.55. The van der Waals surface area contributed by atoms with Crippen molar-refractivity contribution in [1.82, 2.24) is 15.0 Å². The number of para-hydroxylation sites is 4. The number of rotatable bonds is 7. The van der Waals surface area contributed by atoms with Crippen molar-refractivity contribution in [1.29, 1.82) is 0 Å². The van der Waals surface area contributed by atoms with E-state index in [1.54, 1.807) is 30.3 Å². The third-order valence-corrected chi connectivity index (χ3v) is 3.75. The molecule has 140 valence electrons. The Morgan fingerprint density at radius 2 is 1.67 bits per heavy atom. The summed E-state index contributed by atoms with van der Waals surface area (Å²) < 4.78 is 12.5. The Bertz CT molecular complexity index is 939. The van der Waals surface area contributed by atoms with Crippen LogP contribution >= 0.6 is 0 Å². The summed E-state index contributed by atoms with van der Waals surface area (Å²) >= 11 is 0. The highest BCUT2D eigenvalue weighted by molar-refractivity contribution is 6.06. The first-order valence-corrected chi connectivity index (χ1v) is 8.62. The fourth-order valence-electron chi connectivity index (χ4n) is 2.57. The van der Waals surface area contributed by atoms with Crippen LogP contribution in [0.4, 0.5) is 11.5 Å². The van der Waals surface area contributed by atoms with E-state index in [4.69, 9.17) is 15.2 Å². The first-order chi connectivity index (χ1) is 13.2. The van der Waals surface area contributed by atoms with Crippen LogP contribution in [0.25, 0.3) is 5.69 Å². The molecule has 0 fully saturated rings. The van der Waals surface area contributed by atoms with Gasteiger partial charge in [-0.25, -0.2) is 0 Å². The van der Waals surface area contributed by atoms with Gasteiger partial charge in [0.15, 0.2) is 11.5 Å². The van der Waals surface area contributed by atoms with E-state index in [1.807, 2.05) is 32.0 Å². The van der Waals surface area contributed by atoms with Crippen molar-refractivity contribution in [2.24, 2.45) is 0 Å². The minimum absolute atomic E-state index is 0.0209. The average Bonchev–Trinajstić information content (AvgIpc) is 3.06. The maximum atomic E-state index is 12.7. The van der Waals surface area contributed by atoms with Gasteiger partial charge in [0, 0.05) is 0 Å². The SMILES string of the molecule is CCOc1ccccc1NC(=O)c1nnn(-c2ccccc2OCC)c1N. The van der Waals surface area contributed by atoms with Gasteiger partial charge in [0.05, 0.1) is 18.9 Å². The lowest BCUT2D eigenvalue weighted by Crippen LogP contribution is -2.16. The number of aromatic nitrogens is 3. The predicted octanol–water partition coefficient (Wildman–Crippen LogP) is 2.90. The molecule has 1 aromatic heterocycles. The molecule has 27 heavy (non-hydrogen) atoms. The van der Waals surface area contributed by atoms with Gasteiger partial charge in [-0.15, -0.1) is 5.10 Å². The van der Waals surface area contributed by atoms with E-state index < -0.39 is 5.91 Å². The predicted molar refractivity (Wildman–Crippen MR) is 103 cm³/mol. The lowest BCUT2D eigenvalue weighted by Gasteiger charge is -2.11. The third kappa shape index (κ3) is 3.84. The molecule has 0 aliphatic carbocycles. The fourth-order valence-corrected chi connectivity index (χ4v) is 2.57. The van der Waals surface area contributed by atoms with Crippen molar-refractivity contribution < 1.29 is 14.3 Å². The minimum Gasteiger partial charge on any atom is -0.492 e. The van der Waals surface area contributed by atoms with Crippen molar-refractivity contribution in [3.05, 3.63) is 54.2 Å². The van der Waals surface area contributed by atoms with Crippen LogP contribution in [0.1, 0.15) is 24.3 Å². The van der Waals surface area contributed by atoms with E-state index >= 15 is 0 Å². The summed E-state index contributed by atoms with van der Waals surface area (Å²) in [6, 6.07) is 14.4. The molecule has 0 atom stereocenters. The summed E-state index contributed by atoms with van der Waals surface area (Å²) in [6.45, 7) is 4.74. The molecule has 3 aromatic rings. The topological polar surface area (TPSA) is 104 Å². The Morgan fingerprint density at radius 3 is 2.41 bits per heavy atom. The third-order valence-electron chi connectivity index (χ3n) is 3.75. The van der Waals surface area contributed by atoms with Crippen LogP contribution in [0.5, 0.6) is 11.5 Å². The summed E-state index contributed by atoms with van der Waals surface area (Å²) in [5, 5.41) is 10.7. The number of amides is 1. The van der Waals surface area contributed by atoms with Crippen molar-refractivity contribution >= 4 is 17.4 Å². The molecule has 8 nitrogen and oxygen atoms in total. The number of benzene rings is 2. The summed E-state index contributed by atoms with van der Waals surface area (Å²) in [6.07, 6.45) is 0. The van der Waals surface area contributed by atoms with Gasteiger partial charge in [-0.3, -0.25) is 4.79 Å². The van der Waals surface area contributed by atoms with Gasteiger partial charge < -0.3 is 20.5 Å². The van der Waals surface area contributed by atoms with Crippen LogP contribution in [0.3, 0.4) is 0 Å². The van der Waals surface area contributed by atoms with E-state index in [1.165, 1.54) is 4.68 Å². The molecular weight excluding hydrogens is 346 g/mol. The molecule has 2 aromatic carbocycles. The molecule has 0 saturated heterocycles. The van der Waals surface area contributed by atoms with Crippen molar-refractivity contribution in [2.75, 3.05) is 24.3 Å². The van der Waals surface area contributed by atoms with E-state index in [9.17, 15) is 4.79 Å². The quantitative estimate of drug-likeness (QED) is 0.665. The molecule has 0 aliphatic rings. The van der Waals surface area contributed by atoms with Crippen LogP contribution in [0.2, 0.25) is 0 Å². The zero-order valence-corrected chi connectivity index (χ0v) is 15.2. The second-order valence-corrected chi connectivity index (χ2v) is 5.52. The first kappa shape index (κ1) is 18.2. The zero-order chi connectivity index (χ0) is 19.2. The van der Waals surface area contributed by atoms with Gasteiger partial charge >= 0.3 is 0 Å². The number of nitrogens with one attached hydrogen (secondary N) is 1. The van der Waals surface area contributed by atoms with Gasteiger partial charge in [-0.05, 0) is 38.1 Å². The van der Waals surface area contributed by atoms with Crippen molar-refractivity contribution in [3.8, 4) is 17.2 Å². The Labute approximate surface area is 156 Å². The maximum absolute atomic E-state index is 12.7. The molecular formula is C19H21N5O3. The molecule has 1 heterocycles. The molecule has 3 N–H and O–H groups in total. The lowest BCUT2D eigenvalue weighted by molar-refractivity contribution is 0.102. The number of nitrogens with zero attached hydrogens (tertiary/aromatic N) is 3. The van der Waals surface area contributed by atoms with Gasteiger partial charge in [0.1, 0.15) is 17.2 Å². The number of carbonyl (C=O) groups excluding carboxylic acids is 1. The van der Waals surface area contributed by atoms with Crippen LogP contribution < -0.4 is 20.5 Å². The fraction of sp³-hybridized carbons (Fsp3) is 0.211. The van der Waals surface area contributed by atoms with Gasteiger partial charge in [-0.2, -0.15) is 4.68 Å². The summed E-state index contributed by atoms with van der Waals surface area (Å²) in [4.78, 5) is 12.7. The van der Waals surface area contributed by atoms with E-state index in [0.717, 1.165) is 0 Å². The van der Waals surface area contributed by atoms with Crippen LogP contribution in [-0.2, 0) is 0 Å². The number of hydrogen-bond donors (Lipinski definition) is 2. The molecule has 0 unspecified atom stereocenters. The van der Waals surface area contributed by atoms with Crippen LogP contribution in [0, 0.1) is 0 Å². The zero-order valence-electron chi connectivity index (χ0n) is 15.2. The Hall–Kier alpha value is -3.55. The largest absolute Gasteiger partial charge is 0.492 e. The first-order valence-electron chi connectivity index (χ1n) is 8.62. The number of ether oxygens (including phenoxy) is 2. The van der Waals surface area contributed by atoms with Crippen LogP contribution in [0.15, 0.2) is 48.5 Å². The molecule has 0 spiro atoms. The van der Waals surface area contributed by atoms with Gasteiger partial charge in [-0.1, -0.05) is 29.5 Å². The summed E-state index contributed by atoms with van der Waals surface area (Å²) in [5.74, 6) is 0.819. The maximum Gasteiger partial charge on any atom is 0.280 e. The number of hydrogen-bond acceptors (Lipinski definition) is 6. The smallest absolute Gasteiger partial charge is 0.280 e. The molecule has 0 bridgehead atoms. The molecule has 0 saturated carbocycles. The number of carbonyl (C=O) groups is 1. The van der Waals surface area contributed by atoms with Gasteiger partial charge in [0.25, 0.3) is 5.91 Å². The minimum atomic E-state index is -0.472. The molecule has 8 heteroatoms. The molecule has 0 radical (unpaired) electrons. The number of anilines is 2. The summed E-state index contributed by atoms with van der Waals surface area (Å²) in [5.41, 5.74) is 7.31. The van der Waals surface area contributed by atoms with E-state index in [-0.39, 0.29) is 11.5 Å². The standard InChI is InChI=1S/C19H21N5O3/c1-3-26-15-11-7-5-9-13(15)21-19(25)17-18(20)24(23-22-17)14-10-6-8-12-16(14)27-4-2/h5-12H,3-4,20H2,1-2H3,(H,21,25). The molecule has 3 rings (SSSR count). The Morgan fingerprint density at radius 1 is 1.04 bits per heavy atom. The van der Waals surface area contributed by atoms with Crippen molar-refractivity contribution in [3.63, 3.8) is 0 Å². The highest BCUT2D eigenvalue weighted by atomic mass is 16.5. The van der Waals surface area contributed by atoms with E-state index in [2.05, 4.69) is 15.6 Å². The summed E-state index contributed by atoms with van der Waals surface area (Å²) in [7, 11) is 0. The van der Waals surface area contributed by atoms with Gasteiger partial charge in [0.2, 0.25) is 0 Å². The number of nitrogen functional groups attached to an aromatic ring is 1. The molecule has 1 amide bonds. The Balaban J connectivity index is 1.89. The monoisotopic (exact) mass is 367 g/mol. The molecule has 0 aliphatic heterocycles. The van der Waals surface area contributed by atoms with Crippen LogP contribution in [-0.4, -0.2) is 34.1 Å². The normalized spacial score (nSPS) is 10.4. The second kappa shape index (κ2) is 8.22. The van der Waals surface area contributed by atoms with Crippen molar-refractivity contribution in [2.45, 2.75) is 13.8 Å². The highest BCUT2D eigenvalue weighted by Gasteiger charge is 2.21. The second-order valence-electron chi connectivity index (χ2n) is 5.52. The van der Waals surface area contributed by atoms with E-state index in [0.29, 0.717) is 36.1 Å².